The Bertz CT molecular complexity index is 591. The lowest BCUT2D eigenvalue weighted by Crippen LogP contribution is -2.26. The number of benzene rings is 1. The summed E-state index contributed by atoms with van der Waals surface area (Å²) in [5.41, 5.74) is 2.70. The van der Waals surface area contributed by atoms with Crippen LogP contribution in [0.4, 0.5) is 5.69 Å². The predicted octanol–water partition coefficient (Wildman–Crippen LogP) is 2.21. The van der Waals surface area contributed by atoms with Gasteiger partial charge in [0.05, 0.1) is 11.8 Å². The van der Waals surface area contributed by atoms with Crippen LogP contribution in [0.2, 0.25) is 0 Å². The first-order chi connectivity index (χ1) is 10.2. The zero-order chi connectivity index (χ0) is 15.1. The van der Waals surface area contributed by atoms with Crippen molar-refractivity contribution in [3.05, 3.63) is 47.8 Å². The molecule has 0 atom stereocenters. The zero-order valence-corrected chi connectivity index (χ0v) is 12.6. The van der Waals surface area contributed by atoms with Crippen LogP contribution < -0.4 is 10.6 Å². The summed E-state index contributed by atoms with van der Waals surface area (Å²) >= 11 is 0. The van der Waals surface area contributed by atoms with Gasteiger partial charge in [-0.05, 0) is 30.5 Å². The molecule has 0 saturated heterocycles. The Morgan fingerprint density at radius 1 is 1.29 bits per heavy atom. The maximum absolute atomic E-state index is 12.3. The SMILES string of the molecule is CCCNc1ccccc1C(=O)NCCc1cnn(C)c1. The van der Waals surface area contributed by atoms with E-state index >= 15 is 0 Å². The number of hydrogen-bond acceptors (Lipinski definition) is 3. The van der Waals surface area contributed by atoms with Crippen LogP contribution in [0.25, 0.3) is 0 Å². The lowest BCUT2D eigenvalue weighted by atomic mass is 10.1. The fourth-order valence-electron chi connectivity index (χ4n) is 2.11. The molecule has 0 unspecified atom stereocenters. The highest BCUT2D eigenvalue weighted by Gasteiger charge is 2.09. The summed E-state index contributed by atoms with van der Waals surface area (Å²) < 4.78 is 1.77. The highest BCUT2D eigenvalue weighted by Crippen LogP contribution is 2.14. The normalized spacial score (nSPS) is 10.4. The van der Waals surface area contributed by atoms with Crippen LogP contribution in [-0.2, 0) is 13.5 Å². The summed E-state index contributed by atoms with van der Waals surface area (Å²) in [7, 11) is 1.89. The Morgan fingerprint density at radius 3 is 2.81 bits per heavy atom. The van der Waals surface area contributed by atoms with E-state index in [9.17, 15) is 4.79 Å². The third-order valence-corrected chi connectivity index (χ3v) is 3.19. The van der Waals surface area contributed by atoms with Gasteiger partial charge < -0.3 is 10.6 Å². The van der Waals surface area contributed by atoms with E-state index in [1.165, 1.54) is 0 Å². The monoisotopic (exact) mass is 286 g/mol. The predicted molar refractivity (Wildman–Crippen MR) is 84.5 cm³/mol. The van der Waals surface area contributed by atoms with Crippen LogP contribution in [0.15, 0.2) is 36.7 Å². The molecule has 2 rings (SSSR count). The van der Waals surface area contributed by atoms with Crippen LogP contribution in [0, 0.1) is 0 Å². The van der Waals surface area contributed by atoms with Crippen molar-refractivity contribution in [3.8, 4) is 0 Å². The van der Waals surface area contributed by atoms with E-state index in [1.807, 2.05) is 43.7 Å². The standard InChI is InChI=1S/C16H22N4O/c1-3-9-17-15-7-5-4-6-14(15)16(21)18-10-8-13-11-19-20(2)12-13/h4-7,11-12,17H,3,8-10H2,1-2H3,(H,18,21). The summed E-state index contributed by atoms with van der Waals surface area (Å²) in [4.78, 5) is 12.3. The van der Waals surface area contributed by atoms with Crippen LogP contribution in [0.1, 0.15) is 29.3 Å². The first-order valence-electron chi connectivity index (χ1n) is 7.29. The molecule has 0 fully saturated rings. The molecular weight excluding hydrogens is 264 g/mol. The van der Waals surface area contributed by atoms with Gasteiger partial charge in [0.1, 0.15) is 0 Å². The van der Waals surface area contributed by atoms with Crippen molar-refractivity contribution in [1.82, 2.24) is 15.1 Å². The number of rotatable bonds is 7. The molecule has 0 aliphatic rings. The number of nitrogens with one attached hydrogen (secondary N) is 2. The topological polar surface area (TPSA) is 59.0 Å². The van der Waals surface area contributed by atoms with E-state index in [0.717, 1.165) is 30.6 Å². The zero-order valence-electron chi connectivity index (χ0n) is 12.6. The number of para-hydroxylation sites is 1. The van der Waals surface area contributed by atoms with E-state index in [-0.39, 0.29) is 5.91 Å². The third kappa shape index (κ3) is 4.34. The van der Waals surface area contributed by atoms with E-state index in [0.29, 0.717) is 12.1 Å². The number of aryl methyl sites for hydroxylation is 1. The van der Waals surface area contributed by atoms with Crippen molar-refractivity contribution in [2.45, 2.75) is 19.8 Å². The molecule has 5 heteroatoms. The molecule has 112 valence electrons. The number of hydrogen-bond donors (Lipinski definition) is 2. The Balaban J connectivity index is 1.90. The first kappa shape index (κ1) is 15.1. The van der Waals surface area contributed by atoms with E-state index in [4.69, 9.17) is 0 Å². The van der Waals surface area contributed by atoms with Gasteiger partial charge in [-0.15, -0.1) is 0 Å². The molecule has 1 aromatic carbocycles. The van der Waals surface area contributed by atoms with Gasteiger partial charge >= 0.3 is 0 Å². The number of aromatic nitrogens is 2. The third-order valence-electron chi connectivity index (χ3n) is 3.19. The minimum Gasteiger partial charge on any atom is -0.384 e. The molecule has 21 heavy (non-hydrogen) atoms. The molecule has 0 bridgehead atoms. The maximum Gasteiger partial charge on any atom is 0.253 e. The molecule has 0 aliphatic carbocycles. The lowest BCUT2D eigenvalue weighted by Gasteiger charge is -2.11. The van der Waals surface area contributed by atoms with Crippen molar-refractivity contribution < 1.29 is 4.79 Å². The smallest absolute Gasteiger partial charge is 0.253 e. The van der Waals surface area contributed by atoms with Crippen LogP contribution in [0.3, 0.4) is 0 Å². The number of anilines is 1. The van der Waals surface area contributed by atoms with Crippen LogP contribution >= 0.6 is 0 Å². The maximum atomic E-state index is 12.3. The van der Waals surface area contributed by atoms with Gasteiger partial charge in [0.25, 0.3) is 5.91 Å². The van der Waals surface area contributed by atoms with E-state index in [2.05, 4.69) is 22.7 Å². The Labute approximate surface area is 125 Å². The second-order valence-electron chi connectivity index (χ2n) is 5.00. The van der Waals surface area contributed by atoms with Gasteiger partial charge in [0.15, 0.2) is 0 Å². The summed E-state index contributed by atoms with van der Waals surface area (Å²) in [6.45, 7) is 3.57. The first-order valence-corrected chi connectivity index (χ1v) is 7.29. The van der Waals surface area contributed by atoms with Gasteiger partial charge in [-0.2, -0.15) is 5.10 Å². The molecule has 1 heterocycles. The van der Waals surface area contributed by atoms with Crippen LogP contribution in [0.5, 0.6) is 0 Å². The van der Waals surface area contributed by atoms with Crippen molar-refractivity contribution in [3.63, 3.8) is 0 Å². The molecule has 5 nitrogen and oxygen atoms in total. The van der Waals surface area contributed by atoms with Gasteiger partial charge in [-0.3, -0.25) is 9.48 Å². The Hall–Kier alpha value is -2.30. The molecule has 2 N–H and O–H groups in total. The van der Waals surface area contributed by atoms with Gasteiger partial charge in [0.2, 0.25) is 0 Å². The van der Waals surface area contributed by atoms with E-state index < -0.39 is 0 Å². The Morgan fingerprint density at radius 2 is 2.10 bits per heavy atom. The second-order valence-corrected chi connectivity index (χ2v) is 5.00. The molecular formula is C16H22N4O. The van der Waals surface area contributed by atoms with Crippen molar-refractivity contribution in [1.29, 1.82) is 0 Å². The van der Waals surface area contributed by atoms with E-state index in [1.54, 1.807) is 4.68 Å². The summed E-state index contributed by atoms with van der Waals surface area (Å²) in [6, 6.07) is 7.60. The van der Waals surface area contributed by atoms with Gasteiger partial charge in [0, 0.05) is 32.0 Å². The summed E-state index contributed by atoms with van der Waals surface area (Å²) in [5, 5.41) is 10.4. The molecule has 0 aliphatic heterocycles. The van der Waals surface area contributed by atoms with Gasteiger partial charge in [-0.1, -0.05) is 19.1 Å². The van der Waals surface area contributed by atoms with Crippen molar-refractivity contribution >= 4 is 11.6 Å². The largest absolute Gasteiger partial charge is 0.384 e. The minimum atomic E-state index is -0.0434. The second kappa shape index (κ2) is 7.47. The Kier molecular flexibility index (Phi) is 5.37. The number of amides is 1. The number of carbonyl (C=O) groups excluding carboxylic acids is 1. The summed E-state index contributed by atoms with van der Waals surface area (Å²) in [6.07, 6.45) is 5.59. The minimum absolute atomic E-state index is 0.0434. The average molecular weight is 286 g/mol. The average Bonchev–Trinajstić information content (AvgIpc) is 2.91. The van der Waals surface area contributed by atoms with Crippen LogP contribution in [-0.4, -0.2) is 28.8 Å². The van der Waals surface area contributed by atoms with Crippen molar-refractivity contribution in [2.75, 3.05) is 18.4 Å². The lowest BCUT2D eigenvalue weighted by molar-refractivity contribution is 0.0955. The molecule has 0 spiro atoms. The molecule has 1 amide bonds. The molecule has 2 aromatic rings. The number of nitrogens with zero attached hydrogens (tertiary/aromatic N) is 2. The fourth-order valence-corrected chi connectivity index (χ4v) is 2.11. The fraction of sp³-hybridized carbons (Fsp3) is 0.375. The van der Waals surface area contributed by atoms with Crippen molar-refractivity contribution in [2.24, 2.45) is 7.05 Å². The quantitative estimate of drug-likeness (QED) is 0.820. The highest BCUT2D eigenvalue weighted by atomic mass is 16.1. The molecule has 1 aromatic heterocycles. The molecule has 0 saturated carbocycles. The highest BCUT2D eigenvalue weighted by molar-refractivity contribution is 5.99. The van der Waals surface area contributed by atoms with Gasteiger partial charge in [-0.25, -0.2) is 0 Å². The summed E-state index contributed by atoms with van der Waals surface area (Å²) in [5.74, 6) is -0.0434. The molecule has 0 radical (unpaired) electrons. The number of carbonyl (C=O) groups is 1.